The SMILES string of the molecule is O=C(CN(Cc1ccco1)Cc1cccs1)Nc1cccc2nsnc12. The predicted molar refractivity (Wildman–Crippen MR) is 103 cm³/mol. The molecule has 4 rings (SSSR count). The van der Waals surface area contributed by atoms with Gasteiger partial charge >= 0.3 is 0 Å². The third-order valence-electron chi connectivity index (χ3n) is 3.85. The van der Waals surface area contributed by atoms with Gasteiger partial charge in [0.15, 0.2) is 0 Å². The first-order valence-electron chi connectivity index (χ1n) is 8.06. The summed E-state index contributed by atoms with van der Waals surface area (Å²) in [5.41, 5.74) is 2.20. The number of thiophene rings is 1. The molecule has 0 atom stereocenters. The molecule has 1 amide bonds. The van der Waals surface area contributed by atoms with Crippen LogP contribution in [0.25, 0.3) is 11.0 Å². The number of furan rings is 1. The highest BCUT2D eigenvalue weighted by molar-refractivity contribution is 7.09. The number of hydrogen-bond donors (Lipinski definition) is 1. The van der Waals surface area contributed by atoms with E-state index in [1.807, 2.05) is 41.8 Å². The van der Waals surface area contributed by atoms with Crippen LogP contribution in [0.4, 0.5) is 5.69 Å². The zero-order valence-electron chi connectivity index (χ0n) is 13.8. The number of amides is 1. The van der Waals surface area contributed by atoms with Crippen molar-refractivity contribution in [3.63, 3.8) is 0 Å². The summed E-state index contributed by atoms with van der Waals surface area (Å²) in [5, 5.41) is 5.00. The maximum atomic E-state index is 12.6. The summed E-state index contributed by atoms with van der Waals surface area (Å²) in [6, 6.07) is 13.5. The number of nitrogens with zero attached hydrogens (tertiary/aromatic N) is 3. The number of carbonyl (C=O) groups is 1. The average Bonchev–Trinajstić information content (AvgIpc) is 3.37. The van der Waals surface area contributed by atoms with E-state index in [-0.39, 0.29) is 12.5 Å². The summed E-state index contributed by atoms with van der Waals surface area (Å²) in [7, 11) is 0. The van der Waals surface area contributed by atoms with Gasteiger partial charge in [-0.25, -0.2) is 0 Å². The molecule has 0 fully saturated rings. The highest BCUT2D eigenvalue weighted by Gasteiger charge is 2.15. The van der Waals surface area contributed by atoms with Crippen LogP contribution in [0.1, 0.15) is 10.6 Å². The molecule has 0 aliphatic heterocycles. The molecule has 0 spiro atoms. The summed E-state index contributed by atoms with van der Waals surface area (Å²) in [5.74, 6) is 0.744. The van der Waals surface area contributed by atoms with E-state index < -0.39 is 0 Å². The first-order valence-corrected chi connectivity index (χ1v) is 9.67. The zero-order chi connectivity index (χ0) is 17.8. The molecule has 3 aromatic heterocycles. The second kappa shape index (κ2) is 7.77. The highest BCUT2D eigenvalue weighted by Crippen LogP contribution is 2.21. The van der Waals surface area contributed by atoms with Crippen molar-refractivity contribution in [2.45, 2.75) is 13.1 Å². The number of hydrogen-bond acceptors (Lipinski definition) is 7. The Morgan fingerprint density at radius 2 is 2.08 bits per heavy atom. The Morgan fingerprint density at radius 3 is 2.88 bits per heavy atom. The van der Waals surface area contributed by atoms with Crippen molar-refractivity contribution < 1.29 is 9.21 Å². The minimum Gasteiger partial charge on any atom is -0.468 e. The molecule has 0 saturated heterocycles. The van der Waals surface area contributed by atoms with Crippen molar-refractivity contribution in [2.24, 2.45) is 0 Å². The molecule has 26 heavy (non-hydrogen) atoms. The van der Waals surface area contributed by atoms with Crippen molar-refractivity contribution in [2.75, 3.05) is 11.9 Å². The minimum atomic E-state index is -0.0892. The van der Waals surface area contributed by atoms with Crippen LogP contribution in [0.5, 0.6) is 0 Å². The standard InChI is InChI=1S/C18H16N4O2S2/c23-17(19-15-6-1-7-16-18(15)21-26-20-16)12-22(10-13-4-2-8-24-13)11-14-5-3-9-25-14/h1-9H,10-12H2,(H,19,23). The third-order valence-corrected chi connectivity index (χ3v) is 5.25. The van der Waals surface area contributed by atoms with Gasteiger partial charge < -0.3 is 9.73 Å². The second-order valence-corrected chi connectivity index (χ2v) is 7.35. The first kappa shape index (κ1) is 16.9. The van der Waals surface area contributed by atoms with Crippen LogP contribution in [0, 0.1) is 0 Å². The lowest BCUT2D eigenvalue weighted by Gasteiger charge is -2.20. The highest BCUT2D eigenvalue weighted by atomic mass is 32.1. The van der Waals surface area contributed by atoms with E-state index in [9.17, 15) is 4.79 Å². The number of aromatic nitrogens is 2. The quantitative estimate of drug-likeness (QED) is 0.522. The van der Waals surface area contributed by atoms with E-state index >= 15 is 0 Å². The van der Waals surface area contributed by atoms with E-state index in [0.29, 0.717) is 18.8 Å². The van der Waals surface area contributed by atoms with Crippen LogP contribution in [0.2, 0.25) is 0 Å². The largest absolute Gasteiger partial charge is 0.468 e. The molecule has 1 aromatic carbocycles. The molecule has 0 unspecified atom stereocenters. The number of carbonyl (C=O) groups excluding carboxylic acids is 1. The lowest BCUT2D eigenvalue weighted by atomic mass is 10.2. The summed E-state index contributed by atoms with van der Waals surface area (Å²) in [4.78, 5) is 15.9. The Kier molecular flexibility index (Phi) is 5.05. The van der Waals surface area contributed by atoms with Gasteiger partial charge in [-0.3, -0.25) is 9.69 Å². The number of benzene rings is 1. The Balaban J connectivity index is 1.47. The number of nitrogens with one attached hydrogen (secondary N) is 1. The van der Waals surface area contributed by atoms with Crippen LogP contribution in [0.15, 0.2) is 58.5 Å². The van der Waals surface area contributed by atoms with Crippen molar-refractivity contribution in [3.05, 3.63) is 64.7 Å². The van der Waals surface area contributed by atoms with Crippen LogP contribution in [-0.4, -0.2) is 26.1 Å². The van der Waals surface area contributed by atoms with Crippen LogP contribution < -0.4 is 5.32 Å². The van der Waals surface area contributed by atoms with E-state index in [1.54, 1.807) is 17.6 Å². The molecule has 4 aromatic rings. The Morgan fingerprint density at radius 1 is 1.12 bits per heavy atom. The molecule has 132 valence electrons. The van der Waals surface area contributed by atoms with Crippen molar-refractivity contribution >= 4 is 45.7 Å². The molecule has 3 heterocycles. The second-order valence-electron chi connectivity index (χ2n) is 5.79. The summed E-state index contributed by atoms with van der Waals surface area (Å²) in [6.45, 7) is 1.52. The van der Waals surface area contributed by atoms with Crippen LogP contribution in [-0.2, 0) is 17.9 Å². The van der Waals surface area contributed by atoms with E-state index in [2.05, 4.69) is 25.0 Å². The smallest absolute Gasteiger partial charge is 0.238 e. The normalized spacial score (nSPS) is 11.3. The van der Waals surface area contributed by atoms with Gasteiger partial charge in [0, 0.05) is 11.4 Å². The molecule has 1 N–H and O–H groups in total. The number of fused-ring (bicyclic) bond motifs is 1. The molecule has 0 aliphatic carbocycles. The molecule has 0 bridgehead atoms. The van der Waals surface area contributed by atoms with Gasteiger partial charge in [-0.05, 0) is 35.7 Å². The molecule has 0 saturated carbocycles. The average molecular weight is 384 g/mol. The zero-order valence-corrected chi connectivity index (χ0v) is 15.4. The first-order chi connectivity index (χ1) is 12.8. The predicted octanol–water partition coefficient (Wildman–Crippen LogP) is 3.99. The van der Waals surface area contributed by atoms with E-state index in [1.165, 1.54) is 4.88 Å². The van der Waals surface area contributed by atoms with Gasteiger partial charge in [0.05, 0.1) is 36.8 Å². The Hall–Kier alpha value is -2.55. The fraction of sp³-hybridized carbons (Fsp3) is 0.167. The van der Waals surface area contributed by atoms with Gasteiger partial charge in [-0.2, -0.15) is 8.75 Å². The fourth-order valence-corrected chi connectivity index (χ4v) is 4.01. The molecule has 6 nitrogen and oxygen atoms in total. The Labute approximate surface area is 158 Å². The van der Waals surface area contributed by atoms with E-state index in [0.717, 1.165) is 28.5 Å². The maximum Gasteiger partial charge on any atom is 0.238 e. The number of anilines is 1. The monoisotopic (exact) mass is 384 g/mol. The van der Waals surface area contributed by atoms with Gasteiger partial charge in [-0.1, -0.05) is 12.1 Å². The molecular weight excluding hydrogens is 368 g/mol. The minimum absolute atomic E-state index is 0.0892. The van der Waals surface area contributed by atoms with E-state index in [4.69, 9.17) is 4.42 Å². The van der Waals surface area contributed by atoms with Crippen LogP contribution >= 0.6 is 23.1 Å². The Bertz CT molecular complexity index is 944. The molecule has 0 radical (unpaired) electrons. The van der Waals surface area contributed by atoms with Gasteiger partial charge in [0.25, 0.3) is 0 Å². The summed E-state index contributed by atoms with van der Waals surface area (Å²) in [6.07, 6.45) is 1.65. The van der Waals surface area contributed by atoms with Crippen LogP contribution in [0.3, 0.4) is 0 Å². The number of rotatable bonds is 7. The molecular formula is C18H16N4O2S2. The summed E-state index contributed by atoms with van der Waals surface area (Å²) < 4.78 is 13.9. The van der Waals surface area contributed by atoms with Gasteiger partial charge in [-0.15, -0.1) is 11.3 Å². The third kappa shape index (κ3) is 3.98. The summed E-state index contributed by atoms with van der Waals surface area (Å²) >= 11 is 2.82. The van der Waals surface area contributed by atoms with Gasteiger partial charge in [0.2, 0.25) is 5.91 Å². The fourth-order valence-electron chi connectivity index (χ4n) is 2.71. The van der Waals surface area contributed by atoms with Crippen molar-refractivity contribution in [1.82, 2.24) is 13.6 Å². The molecule has 8 heteroatoms. The lowest BCUT2D eigenvalue weighted by Crippen LogP contribution is -2.32. The van der Waals surface area contributed by atoms with Gasteiger partial charge in [0.1, 0.15) is 16.8 Å². The lowest BCUT2D eigenvalue weighted by molar-refractivity contribution is -0.117. The maximum absolute atomic E-state index is 12.6. The topological polar surface area (TPSA) is 71.3 Å². The van der Waals surface area contributed by atoms with Crippen molar-refractivity contribution in [1.29, 1.82) is 0 Å². The van der Waals surface area contributed by atoms with Crippen molar-refractivity contribution in [3.8, 4) is 0 Å². The molecule has 0 aliphatic rings.